The van der Waals surface area contributed by atoms with E-state index in [1.807, 2.05) is 12.1 Å². The first-order valence-corrected chi connectivity index (χ1v) is 11.3. The number of nitrogens with zero attached hydrogens (tertiary/aromatic N) is 2. The summed E-state index contributed by atoms with van der Waals surface area (Å²) in [5, 5.41) is 6.74. The fourth-order valence-electron chi connectivity index (χ4n) is 3.51. The van der Waals surface area contributed by atoms with E-state index in [4.69, 9.17) is 39.8 Å². The van der Waals surface area contributed by atoms with E-state index in [-0.39, 0.29) is 16.9 Å². The molecule has 1 aliphatic rings. The number of hydrogen-bond acceptors (Lipinski definition) is 5. The van der Waals surface area contributed by atoms with Crippen LogP contribution in [0.3, 0.4) is 0 Å². The maximum Gasteiger partial charge on any atom is 0.289 e. The Kier molecular flexibility index (Phi) is 7.17. The van der Waals surface area contributed by atoms with Crippen molar-refractivity contribution in [2.24, 2.45) is 0 Å². The second-order valence-corrected chi connectivity index (χ2v) is 8.59. The lowest BCUT2D eigenvalue weighted by atomic mass is 10.2. The molecule has 0 bridgehead atoms. The Balaban J connectivity index is 1.33. The predicted octanol–water partition coefficient (Wildman–Crippen LogP) is 4.68. The van der Waals surface area contributed by atoms with Gasteiger partial charge in [-0.1, -0.05) is 29.3 Å². The normalized spacial score (nSPS) is 13.5. The lowest BCUT2D eigenvalue weighted by Crippen LogP contribution is -2.48. The number of amides is 2. The number of carbonyl (C=O) groups excluding carboxylic acids is 2. The number of halogens is 2. The van der Waals surface area contributed by atoms with Crippen LogP contribution in [-0.2, 0) is 0 Å². The number of anilines is 2. The monoisotopic (exact) mass is 502 g/mol. The quantitative estimate of drug-likeness (QED) is 0.504. The van der Waals surface area contributed by atoms with Gasteiger partial charge in [0.05, 0.1) is 17.0 Å². The molecule has 0 saturated carbocycles. The molecule has 0 atom stereocenters. The van der Waals surface area contributed by atoms with E-state index < -0.39 is 0 Å². The van der Waals surface area contributed by atoms with Gasteiger partial charge in [0.15, 0.2) is 10.9 Å². The molecule has 1 saturated heterocycles. The summed E-state index contributed by atoms with van der Waals surface area (Å²) in [6.45, 7) is 2.42. The van der Waals surface area contributed by atoms with Gasteiger partial charge in [-0.25, -0.2) is 0 Å². The lowest BCUT2D eigenvalue weighted by Gasteiger charge is -2.36. The standard InChI is InChI=1S/C23H20Cl2N4O3S/c24-16-4-1-3-15(13-16)21(30)27-23(33)26-17-6-7-19(18(25)14-17)28-8-10-29(11-9-28)22(31)20-5-2-12-32-20/h1-7,12-14H,8-11H2,(H2,26,27,30,33). The molecule has 4 rings (SSSR count). The summed E-state index contributed by atoms with van der Waals surface area (Å²) < 4.78 is 5.20. The lowest BCUT2D eigenvalue weighted by molar-refractivity contribution is 0.0714. The fraction of sp³-hybridized carbons (Fsp3) is 0.174. The average Bonchev–Trinajstić information content (AvgIpc) is 3.34. The molecule has 0 spiro atoms. The van der Waals surface area contributed by atoms with Crippen LogP contribution in [0.2, 0.25) is 10.0 Å². The largest absolute Gasteiger partial charge is 0.459 e. The first-order valence-electron chi connectivity index (χ1n) is 10.2. The molecule has 0 unspecified atom stereocenters. The number of carbonyl (C=O) groups is 2. The molecular weight excluding hydrogens is 483 g/mol. The maximum atomic E-state index is 12.4. The summed E-state index contributed by atoms with van der Waals surface area (Å²) in [5.74, 6) is -0.131. The zero-order chi connectivity index (χ0) is 23.4. The fourth-order valence-corrected chi connectivity index (χ4v) is 4.22. The smallest absolute Gasteiger partial charge is 0.289 e. The summed E-state index contributed by atoms with van der Waals surface area (Å²) >= 11 is 17.7. The number of nitrogens with one attached hydrogen (secondary N) is 2. The van der Waals surface area contributed by atoms with Crippen molar-refractivity contribution in [3.63, 3.8) is 0 Å². The molecule has 0 aliphatic carbocycles. The molecule has 2 N–H and O–H groups in total. The van der Waals surface area contributed by atoms with Gasteiger partial charge in [0.2, 0.25) is 0 Å². The van der Waals surface area contributed by atoms with Crippen molar-refractivity contribution in [1.29, 1.82) is 0 Å². The first kappa shape index (κ1) is 23.1. The Hall–Kier alpha value is -3.07. The van der Waals surface area contributed by atoms with Gasteiger partial charge in [-0.05, 0) is 60.7 Å². The number of piperazine rings is 1. The van der Waals surface area contributed by atoms with Crippen molar-refractivity contribution >= 4 is 63.7 Å². The van der Waals surface area contributed by atoms with Crippen molar-refractivity contribution in [2.75, 3.05) is 36.4 Å². The molecule has 7 nitrogen and oxygen atoms in total. The Labute approximate surface area is 206 Å². The average molecular weight is 503 g/mol. The van der Waals surface area contributed by atoms with Gasteiger partial charge in [-0.3, -0.25) is 14.9 Å². The number of thiocarbonyl (C=S) groups is 1. The van der Waals surface area contributed by atoms with Crippen LogP contribution in [0.5, 0.6) is 0 Å². The van der Waals surface area contributed by atoms with Gasteiger partial charge in [0.1, 0.15) is 0 Å². The van der Waals surface area contributed by atoms with Crippen LogP contribution in [0.1, 0.15) is 20.9 Å². The van der Waals surface area contributed by atoms with Crippen LogP contribution >= 0.6 is 35.4 Å². The molecular formula is C23H20Cl2N4O3S. The van der Waals surface area contributed by atoms with Crippen molar-refractivity contribution < 1.29 is 14.0 Å². The van der Waals surface area contributed by atoms with E-state index in [9.17, 15) is 9.59 Å². The highest BCUT2D eigenvalue weighted by Gasteiger charge is 2.24. The third-order valence-corrected chi connectivity index (χ3v) is 5.90. The second-order valence-electron chi connectivity index (χ2n) is 7.34. The number of benzene rings is 2. The number of hydrogen-bond donors (Lipinski definition) is 2. The minimum absolute atomic E-state index is 0.112. The van der Waals surface area contributed by atoms with Crippen LogP contribution in [-0.4, -0.2) is 48.0 Å². The van der Waals surface area contributed by atoms with Gasteiger partial charge < -0.3 is 19.5 Å². The third kappa shape index (κ3) is 5.65. The van der Waals surface area contributed by atoms with E-state index in [1.54, 1.807) is 47.4 Å². The molecule has 1 fully saturated rings. The van der Waals surface area contributed by atoms with Gasteiger partial charge in [-0.2, -0.15) is 0 Å². The van der Waals surface area contributed by atoms with Crippen molar-refractivity contribution in [2.45, 2.75) is 0 Å². The van der Waals surface area contributed by atoms with Crippen LogP contribution in [0, 0.1) is 0 Å². The van der Waals surface area contributed by atoms with Crippen molar-refractivity contribution in [1.82, 2.24) is 10.2 Å². The third-order valence-electron chi connectivity index (χ3n) is 5.16. The SMILES string of the molecule is O=C(NC(=S)Nc1ccc(N2CCN(C(=O)c3ccco3)CC2)c(Cl)c1)c1cccc(Cl)c1. The second kappa shape index (κ2) is 10.2. The Morgan fingerprint density at radius 1 is 0.970 bits per heavy atom. The Morgan fingerprint density at radius 2 is 1.76 bits per heavy atom. The Morgan fingerprint density at radius 3 is 2.42 bits per heavy atom. The van der Waals surface area contributed by atoms with E-state index in [2.05, 4.69) is 15.5 Å². The zero-order valence-electron chi connectivity index (χ0n) is 17.4. The molecule has 2 heterocycles. The van der Waals surface area contributed by atoms with Crippen LogP contribution in [0.15, 0.2) is 65.3 Å². The summed E-state index contributed by atoms with van der Waals surface area (Å²) in [7, 11) is 0. The van der Waals surface area contributed by atoms with Gasteiger partial charge in [-0.15, -0.1) is 0 Å². The first-order chi connectivity index (χ1) is 15.9. The van der Waals surface area contributed by atoms with Crippen molar-refractivity contribution in [3.05, 3.63) is 82.2 Å². The van der Waals surface area contributed by atoms with Gasteiger partial charge >= 0.3 is 0 Å². The van der Waals surface area contributed by atoms with Gasteiger partial charge in [0, 0.05) is 42.5 Å². The highest BCUT2D eigenvalue weighted by molar-refractivity contribution is 7.80. The molecule has 1 aliphatic heterocycles. The van der Waals surface area contributed by atoms with E-state index >= 15 is 0 Å². The van der Waals surface area contributed by atoms with E-state index in [0.29, 0.717) is 53.2 Å². The van der Waals surface area contributed by atoms with E-state index in [0.717, 1.165) is 5.69 Å². The molecule has 0 radical (unpaired) electrons. The highest BCUT2D eigenvalue weighted by Crippen LogP contribution is 2.30. The topological polar surface area (TPSA) is 77.8 Å². The maximum absolute atomic E-state index is 12.4. The molecule has 3 aromatic rings. The van der Waals surface area contributed by atoms with Crippen LogP contribution in [0.4, 0.5) is 11.4 Å². The number of furan rings is 1. The molecule has 33 heavy (non-hydrogen) atoms. The minimum atomic E-state index is -0.361. The molecule has 10 heteroatoms. The molecule has 1 aromatic heterocycles. The predicted molar refractivity (Wildman–Crippen MR) is 133 cm³/mol. The number of rotatable bonds is 4. The Bertz CT molecular complexity index is 1180. The van der Waals surface area contributed by atoms with Crippen LogP contribution < -0.4 is 15.5 Å². The molecule has 2 amide bonds. The van der Waals surface area contributed by atoms with Crippen molar-refractivity contribution in [3.8, 4) is 0 Å². The molecule has 2 aromatic carbocycles. The zero-order valence-corrected chi connectivity index (χ0v) is 19.7. The minimum Gasteiger partial charge on any atom is -0.459 e. The highest BCUT2D eigenvalue weighted by atomic mass is 35.5. The summed E-state index contributed by atoms with van der Waals surface area (Å²) in [5.41, 5.74) is 1.91. The summed E-state index contributed by atoms with van der Waals surface area (Å²) in [4.78, 5) is 28.6. The van der Waals surface area contributed by atoms with Crippen LogP contribution in [0.25, 0.3) is 0 Å². The molecule has 170 valence electrons. The van der Waals surface area contributed by atoms with Gasteiger partial charge in [0.25, 0.3) is 11.8 Å². The van der Waals surface area contributed by atoms with E-state index in [1.165, 1.54) is 6.26 Å². The summed E-state index contributed by atoms with van der Waals surface area (Å²) in [6, 6.07) is 15.4. The summed E-state index contributed by atoms with van der Waals surface area (Å²) in [6.07, 6.45) is 1.49.